The predicted molar refractivity (Wildman–Crippen MR) is 192 cm³/mol. The van der Waals surface area contributed by atoms with E-state index in [1.54, 1.807) is 58.0 Å². The molecule has 1 aromatic heterocycles. The molecule has 272 valence electrons. The molecule has 2 amide bonds. The largest absolute Gasteiger partial charge is 0.458 e. The van der Waals surface area contributed by atoms with E-state index in [-0.39, 0.29) is 42.2 Å². The summed E-state index contributed by atoms with van der Waals surface area (Å²) in [5.74, 6) is -1.11. The van der Waals surface area contributed by atoms with Crippen molar-refractivity contribution >= 4 is 34.5 Å². The summed E-state index contributed by atoms with van der Waals surface area (Å²) in [6.45, 7) is 9.04. The number of alkyl halides is 3. The molecule has 0 radical (unpaired) electrons. The molecular weight excluding hydrogens is 680 g/mol. The third-order valence-corrected chi connectivity index (χ3v) is 8.47. The molecule has 15 heteroatoms. The molecule has 1 atom stereocenters. The van der Waals surface area contributed by atoms with Crippen LogP contribution in [0.5, 0.6) is 5.75 Å². The first-order chi connectivity index (χ1) is 24.7. The second-order valence-corrected chi connectivity index (χ2v) is 12.0. The van der Waals surface area contributed by atoms with Crippen LogP contribution >= 0.6 is 0 Å². The maximum Gasteiger partial charge on any atom is 0.416 e. The third-order valence-electron chi connectivity index (χ3n) is 8.47. The van der Waals surface area contributed by atoms with Gasteiger partial charge in [0, 0.05) is 49.5 Å². The number of primary amides is 1. The van der Waals surface area contributed by atoms with Gasteiger partial charge in [0.05, 0.1) is 16.6 Å². The quantitative estimate of drug-likeness (QED) is 0.0414. The van der Waals surface area contributed by atoms with Crippen LogP contribution in [-0.4, -0.2) is 71.1 Å². The smallest absolute Gasteiger partial charge is 0.416 e. The van der Waals surface area contributed by atoms with Gasteiger partial charge >= 0.3 is 6.18 Å². The maximum absolute atomic E-state index is 13.7. The Morgan fingerprint density at radius 1 is 1.00 bits per heavy atom. The molecule has 1 aliphatic heterocycles. The normalized spacial score (nSPS) is 14.2. The third kappa shape index (κ3) is 8.78. The van der Waals surface area contributed by atoms with Crippen molar-refractivity contribution in [3.8, 4) is 17.1 Å². The molecule has 1 saturated heterocycles. The van der Waals surface area contributed by atoms with E-state index < -0.39 is 23.7 Å². The van der Waals surface area contributed by atoms with Crippen LogP contribution in [0.4, 0.5) is 23.2 Å². The number of hydrogen-bond acceptors (Lipinski definition) is 6. The average molecular weight is 719 g/mol. The summed E-state index contributed by atoms with van der Waals surface area (Å²) in [6, 6.07) is 16.7. The van der Waals surface area contributed by atoms with Crippen molar-refractivity contribution in [2.24, 2.45) is 22.2 Å². The number of ether oxygens (including phenoxy) is 1. The molecular formula is C37H38F4N8O3. The van der Waals surface area contributed by atoms with Gasteiger partial charge in [0.2, 0.25) is 5.91 Å². The molecule has 11 nitrogen and oxygen atoms in total. The summed E-state index contributed by atoms with van der Waals surface area (Å²) < 4.78 is 60.5. The lowest BCUT2D eigenvalue weighted by molar-refractivity contribution is -0.121. The summed E-state index contributed by atoms with van der Waals surface area (Å²) in [7, 11) is 0. The molecule has 5 rings (SSSR count). The van der Waals surface area contributed by atoms with Crippen molar-refractivity contribution in [2.75, 3.05) is 37.6 Å². The van der Waals surface area contributed by atoms with E-state index in [0.29, 0.717) is 66.7 Å². The van der Waals surface area contributed by atoms with Crippen LogP contribution in [0.2, 0.25) is 0 Å². The Morgan fingerprint density at radius 3 is 2.35 bits per heavy atom. The van der Waals surface area contributed by atoms with E-state index in [1.165, 1.54) is 18.2 Å². The fourth-order valence-electron chi connectivity index (χ4n) is 5.95. The zero-order valence-corrected chi connectivity index (χ0v) is 28.2. The van der Waals surface area contributed by atoms with Crippen molar-refractivity contribution in [3.05, 3.63) is 115 Å². The maximum atomic E-state index is 13.7. The molecule has 4 aromatic rings. The van der Waals surface area contributed by atoms with E-state index in [2.05, 4.69) is 23.1 Å². The van der Waals surface area contributed by atoms with Crippen LogP contribution in [0.15, 0.2) is 108 Å². The number of halogens is 4. The number of guanidine groups is 1. The lowest BCUT2D eigenvalue weighted by atomic mass is 10.1. The molecule has 0 aliphatic carbocycles. The van der Waals surface area contributed by atoms with Crippen LogP contribution in [-0.2, 0) is 4.79 Å². The highest BCUT2D eigenvalue weighted by atomic mass is 19.4. The second kappa shape index (κ2) is 15.8. The number of carbonyl (C=O) groups excluding carboxylic acids is 2. The van der Waals surface area contributed by atoms with Crippen LogP contribution in [0.3, 0.4) is 0 Å². The average Bonchev–Trinajstić information content (AvgIpc) is 3.48. The van der Waals surface area contributed by atoms with Crippen molar-refractivity contribution in [1.29, 1.82) is 0 Å². The highest BCUT2D eigenvalue weighted by Gasteiger charge is 2.32. The van der Waals surface area contributed by atoms with Crippen LogP contribution in [0, 0.1) is 5.82 Å². The van der Waals surface area contributed by atoms with Gasteiger partial charge < -0.3 is 36.3 Å². The van der Waals surface area contributed by atoms with E-state index >= 15 is 0 Å². The van der Waals surface area contributed by atoms with E-state index in [0.717, 1.165) is 11.8 Å². The number of nitrogens with zero attached hydrogens (tertiary/aromatic N) is 5. The van der Waals surface area contributed by atoms with Crippen LogP contribution in [0.25, 0.3) is 22.4 Å². The van der Waals surface area contributed by atoms with Crippen LogP contribution < -0.4 is 26.8 Å². The van der Waals surface area contributed by atoms with E-state index in [4.69, 9.17) is 26.9 Å². The predicted octanol–water partition coefficient (Wildman–Crippen LogP) is 5.45. The summed E-state index contributed by atoms with van der Waals surface area (Å²) >= 11 is 0. The molecule has 52 heavy (non-hydrogen) atoms. The summed E-state index contributed by atoms with van der Waals surface area (Å²) in [5, 5.41) is 0. The standard InChI is InChI=1S/C37H38F4N8O3/c1-3-26(37(39,40)41)20-23(2)52-29-7-4-6-24(21-29)34-46-30-22-25(9-14-31(30)49(34)32(33(42)50)8-5-15-45-36(43)44)35(51)48-18-16-47(17-19-48)28-12-10-27(38)11-13-28/h3-4,6-7,9-14,20-22,32H,1-2,5,8,15-19H2,(H2,42,50)(H4,43,44,45)/b26-20+/t32-/m1/s1. The van der Waals surface area contributed by atoms with Crippen molar-refractivity contribution in [2.45, 2.75) is 25.1 Å². The van der Waals surface area contributed by atoms with Gasteiger partial charge in [0.25, 0.3) is 5.91 Å². The van der Waals surface area contributed by atoms with E-state index in [1.807, 2.05) is 0 Å². The highest BCUT2D eigenvalue weighted by Crippen LogP contribution is 2.34. The Bertz CT molecular complexity index is 2030. The van der Waals surface area contributed by atoms with Gasteiger partial charge in [-0.25, -0.2) is 9.37 Å². The lowest BCUT2D eigenvalue weighted by Crippen LogP contribution is -2.48. The molecule has 2 heterocycles. The molecule has 6 N–H and O–H groups in total. The fourth-order valence-corrected chi connectivity index (χ4v) is 5.95. The SMILES string of the molecule is C=C/C(=C\C(=C)Oc1cccc(-c2nc3cc(C(=O)N4CCN(c5ccc(F)cc5)CC4)ccc3n2[C@H](CCCN=C(N)N)C(N)=O)c1)C(F)(F)F. The summed E-state index contributed by atoms with van der Waals surface area (Å²) in [5.41, 5.74) is 18.5. The van der Waals surface area contributed by atoms with Gasteiger partial charge in [-0.1, -0.05) is 31.4 Å². The number of aromatic nitrogens is 2. The summed E-state index contributed by atoms with van der Waals surface area (Å²) in [6.07, 6.45) is -2.62. The van der Waals surface area contributed by atoms with Crippen molar-refractivity contribution in [1.82, 2.24) is 14.5 Å². The van der Waals surface area contributed by atoms with Crippen molar-refractivity contribution in [3.63, 3.8) is 0 Å². The highest BCUT2D eigenvalue weighted by molar-refractivity contribution is 5.98. The zero-order valence-electron chi connectivity index (χ0n) is 28.2. The zero-order chi connectivity index (χ0) is 37.6. The minimum atomic E-state index is -4.65. The number of fused-ring (bicyclic) bond motifs is 1. The Labute approximate surface area is 297 Å². The fraction of sp³-hybridized carbons (Fsp3) is 0.243. The Balaban J connectivity index is 1.48. The molecule has 0 unspecified atom stereocenters. The van der Waals surface area contributed by atoms with Gasteiger partial charge in [0.1, 0.15) is 29.2 Å². The second-order valence-electron chi connectivity index (χ2n) is 12.0. The monoisotopic (exact) mass is 718 g/mol. The lowest BCUT2D eigenvalue weighted by Gasteiger charge is -2.36. The first kappa shape index (κ1) is 37.1. The number of hydrogen-bond donors (Lipinski definition) is 3. The molecule has 1 fully saturated rings. The van der Waals surface area contributed by atoms with Crippen LogP contribution in [0.1, 0.15) is 29.2 Å². The minimum absolute atomic E-state index is 0.0952. The number of piperazine rings is 1. The summed E-state index contributed by atoms with van der Waals surface area (Å²) in [4.78, 5) is 39.3. The molecule has 3 aromatic carbocycles. The number of carbonyl (C=O) groups is 2. The first-order valence-electron chi connectivity index (χ1n) is 16.3. The number of benzene rings is 3. The number of allylic oxidation sites excluding steroid dienone is 3. The number of aliphatic imine (C=N–C) groups is 1. The van der Waals surface area contributed by atoms with Gasteiger partial charge in [-0.05, 0) is 73.5 Å². The number of nitrogens with two attached hydrogens (primary N) is 3. The van der Waals surface area contributed by atoms with E-state index in [9.17, 15) is 27.2 Å². The Hall–Kier alpha value is -6.12. The molecule has 0 spiro atoms. The van der Waals surface area contributed by atoms with Gasteiger partial charge in [0.15, 0.2) is 5.96 Å². The Kier molecular flexibility index (Phi) is 11.3. The number of imidazole rings is 1. The molecule has 0 saturated carbocycles. The molecule has 0 bridgehead atoms. The topological polar surface area (TPSA) is 158 Å². The van der Waals surface area contributed by atoms with Gasteiger partial charge in [-0.15, -0.1) is 0 Å². The van der Waals surface area contributed by atoms with Gasteiger partial charge in [-0.2, -0.15) is 13.2 Å². The number of rotatable bonds is 13. The first-order valence-corrected chi connectivity index (χ1v) is 16.3. The Morgan fingerprint density at radius 2 is 1.71 bits per heavy atom. The number of anilines is 1. The minimum Gasteiger partial charge on any atom is -0.458 e. The van der Waals surface area contributed by atoms with Crippen molar-refractivity contribution < 1.29 is 31.9 Å². The number of amides is 2. The van der Waals surface area contributed by atoms with Gasteiger partial charge in [-0.3, -0.25) is 14.6 Å². The molecule has 1 aliphatic rings.